The van der Waals surface area contributed by atoms with Crippen molar-refractivity contribution in [2.45, 2.75) is 23.8 Å². The summed E-state index contributed by atoms with van der Waals surface area (Å²) in [5, 5.41) is 2.91. The molecular formula is C25H26N4O5S. The fourth-order valence-corrected chi connectivity index (χ4v) is 6.04. The summed E-state index contributed by atoms with van der Waals surface area (Å²) >= 11 is 0. The van der Waals surface area contributed by atoms with E-state index in [0.29, 0.717) is 42.5 Å². The van der Waals surface area contributed by atoms with Crippen molar-refractivity contribution >= 4 is 27.4 Å². The van der Waals surface area contributed by atoms with Crippen LogP contribution in [-0.2, 0) is 16.6 Å². The first-order valence-corrected chi connectivity index (χ1v) is 12.8. The van der Waals surface area contributed by atoms with Crippen molar-refractivity contribution in [3.63, 3.8) is 0 Å². The zero-order chi connectivity index (χ0) is 24.6. The van der Waals surface area contributed by atoms with Gasteiger partial charge in [0.25, 0.3) is 15.6 Å². The van der Waals surface area contributed by atoms with Gasteiger partial charge in [0.05, 0.1) is 23.4 Å². The minimum Gasteiger partial charge on any atom is -0.497 e. The molecule has 0 spiro atoms. The molecule has 5 rings (SSSR count). The third-order valence-corrected chi connectivity index (χ3v) is 7.90. The summed E-state index contributed by atoms with van der Waals surface area (Å²) in [5.74, 6) is 0.621. The van der Waals surface area contributed by atoms with Crippen LogP contribution < -0.4 is 20.3 Å². The van der Waals surface area contributed by atoms with Gasteiger partial charge in [-0.2, -0.15) is 0 Å². The Labute approximate surface area is 203 Å². The number of methoxy groups -OCH3 is 1. The zero-order valence-electron chi connectivity index (χ0n) is 19.2. The summed E-state index contributed by atoms with van der Waals surface area (Å²) in [6, 6.07) is 17.9. The number of pyridine rings is 1. The molecule has 0 aliphatic carbocycles. The lowest BCUT2D eigenvalue weighted by molar-refractivity contribution is 0.140. The van der Waals surface area contributed by atoms with Gasteiger partial charge < -0.3 is 19.5 Å². The number of carbonyl (C=O) groups excluding carboxylic acids is 1. The van der Waals surface area contributed by atoms with E-state index in [2.05, 4.69) is 10.0 Å². The van der Waals surface area contributed by atoms with E-state index < -0.39 is 10.0 Å². The zero-order valence-corrected chi connectivity index (χ0v) is 20.0. The number of benzene rings is 2. The molecule has 2 N–H and O–H groups in total. The average Bonchev–Trinajstić information content (AvgIpc) is 2.86. The molecule has 0 saturated carbocycles. The number of piperidine rings is 1. The highest BCUT2D eigenvalue weighted by molar-refractivity contribution is 7.92. The van der Waals surface area contributed by atoms with Gasteiger partial charge in [0.2, 0.25) is 0 Å². The molecule has 1 aromatic heterocycles. The number of anilines is 2. The number of aromatic nitrogens is 1. The number of nitrogens with one attached hydrogen (secondary N) is 2. The number of hydrogen-bond acceptors (Lipinski definition) is 5. The second-order valence-corrected chi connectivity index (χ2v) is 10.5. The Morgan fingerprint density at radius 2 is 1.71 bits per heavy atom. The highest BCUT2D eigenvalue weighted by atomic mass is 32.2. The van der Waals surface area contributed by atoms with Gasteiger partial charge in [0.1, 0.15) is 5.75 Å². The van der Waals surface area contributed by atoms with Gasteiger partial charge in [-0.05, 0) is 54.8 Å². The van der Waals surface area contributed by atoms with Crippen LogP contribution >= 0.6 is 0 Å². The van der Waals surface area contributed by atoms with Gasteiger partial charge >= 0.3 is 6.03 Å². The standard InChI is InChI=1S/C25H26N4O5S/c1-34-20-9-7-19(8-10-20)26-25(31)28-14-17-13-18(16-28)24-22(11-12-23(30)29(24)15-17)27-35(32,33)21-5-3-2-4-6-21/h2-12,17-18,27H,13-16H2,1H3,(H,26,31)/t17-,18-/m1/s1. The van der Waals surface area contributed by atoms with E-state index in [4.69, 9.17) is 4.74 Å². The van der Waals surface area contributed by atoms with E-state index in [-0.39, 0.29) is 28.3 Å². The normalized spacial score (nSPS) is 18.9. The van der Waals surface area contributed by atoms with E-state index >= 15 is 0 Å². The van der Waals surface area contributed by atoms with E-state index in [9.17, 15) is 18.0 Å². The SMILES string of the molecule is COc1ccc(NC(=O)N2C[C@H]3C[C@H](C2)c2c(NS(=O)(=O)c4ccccc4)ccc(=O)n2C3)cc1. The van der Waals surface area contributed by atoms with Gasteiger partial charge in [0.15, 0.2) is 0 Å². The van der Waals surface area contributed by atoms with Crippen LogP contribution in [0.5, 0.6) is 5.75 Å². The predicted molar refractivity (Wildman–Crippen MR) is 132 cm³/mol. The number of amides is 2. The van der Waals surface area contributed by atoms with Crippen LogP contribution in [0.3, 0.4) is 0 Å². The summed E-state index contributed by atoms with van der Waals surface area (Å²) in [6.45, 7) is 1.32. The fourth-order valence-electron chi connectivity index (χ4n) is 4.95. The lowest BCUT2D eigenvalue weighted by Crippen LogP contribution is -2.50. The Hall–Kier alpha value is -3.79. The molecular weight excluding hydrogens is 468 g/mol. The maximum atomic E-state index is 13.0. The summed E-state index contributed by atoms with van der Waals surface area (Å²) in [7, 11) is -2.25. The summed E-state index contributed by atoms with van der Waals surface area (Å²) in [4.78, 5) is 27.6. The van der Waals surface area contributed by atoms with Gasteiger partial charge in [-0.15, -0.1) is 0 Å². The molecule has 2 bridgehead atoms. The van der Waals surface area contributed by atoms with Crippen LogP contribution in [-0.4, -0.2) is 44.1 Å². The van der Waals surface area contributed by atoms with E-state index in [0.717, 1.165) is 6.42 Å². The number of fused-ring (bicyclic) bond motifs is 4. The van der Waals surface area contributed by atoms with E-state index in [1.54, 1.807) is 59.0 Å². The number of hydrogen-bond donors (Lipinski definition) is 2. The van der Waals surface area contributed by atoms with Gasteiger partial charge in [-0.3, -0.25) is 9.52 Å². The largest absolute Gasteiger partial charge is 0.497 e. The Morgan fingerprint density at radius 1 is 0.971 bits per heavy atom. The van der Waals surface area contributed by atoms with Crippen LogP contribution in [0, 0.1) is 5.92 Å². The molecule has 2 amide bonds. The smallest absolute Gasteiger partial charge is 0.321 e. The molecule has 0 radical (unpaired) electrons. The summed E-state index contributed by atoms with van der Waals surface area (Å²) in [5.41, 5.74) is 1.47. The molecule has 0 unspecified atom stereocenters. The van der Waals surface area contributed by atoms with E-state index in [1.165, 1.54) is 24.3 Å². The second kappa shape index (κ2) is 9.10. The quantitative estimate of drug-likeness (QED) is 0.566. The Morgan fingerprint density at radius 3 is 2.43 bits per heavy atom. The monoisotopic (exact) mass is 494 g/mol. The van der Waals surface area contributed by atoms with Crippen molar-refractivity contribution in [1.82, 2.24) is 9.47 Å². The molecule has 1 fully saturated rings. The van der Waals surface area contributed by atoms with Crippen molar-refractivity contribution in [3.8, 4) is 5.75 Å². The first-order chi connectivity index (χ1) is 16.8. The minimum absolute atomic E-state index is 0.0987. The number of rotatable bonds is 5. The van der Waals surface area contributed by atoms with Crippen LogP contribution in [0.25, 0.3) is 0 Å². The highest BCUT2D eigenvalue weighted by Gasteiger charge is 2.38. The van der Waals surface area contributed by atoms with Crippen molar-refractivity contribution in [2.75, 3.05) is 30.2 Å². The van der Waals surface area contributed by atoms with Crippen LogP contribution in [0.15, 0.2) is 76.4 Å². The number of nitrogens with zero attached hydrogens (tertiary/aromatic N) is 2. The van der Waals surface area contributed by atoms with Crippen molar-refractivity contribution in [3.05, 3.63) is 82.8 Å². The van der Waals surface area contributed by atoms with Gasteiger partial charge in [-0.1, -0.05) is 18.2 Å². The Balaban J connectivity index is 1.40. The molecule has 1 saturated heterocycles. The molecule has 35 heavy (non-hydrogen) atoms. The third-order valence-electron chi connectivity index (χ3n) is 6.52. The lowest BCUT2D eigenvalue weighted by atomic mass is 9.82. The molecule has 3 aromatic rings. The number of ether oxygens (including phenoxy) is 1. The van der Waals surface area contributed by atoms with Gasteiger partial charge in [0, 0.05) is 37.3 Å². The van der Waals surface area contributed by atoms with Crippen molar-refractivity contribution in [2.24, 2.45) is 5.92 Å². The molecule has 10 heteroatoms. The number of likely N-dealkylation sites (tertiary alicyclic amines) is 1. The number of urea groups is 1. The van der Waals surface area contributed by atoms with Crippen LogP contribution in [0.4, 0.5) is 16.2 Å². The van der Waals surface area contributed by atoms with Crippen LogP contribution in [0.2, 0.25) is 0 Å². The second-order valence-electron chi connectivity index (χ2n) is 8.86. The fraction of sp³-hybridized carbons (Fsp3) is 0.280. The maximum absolute atomic E-state index is 13.0. The molecule has 2 atom stereocenters. The Bertz CT molecular complexity index is 1400. The predicted octanol–water partition coefficient (Wildman–Crippen LogP) is 3.31. The highest BCUT2D eigenvalue weighted by Crippen LogP contribution is 2.39. The Kier molecular flexibility index (Phi) is 5.98. The molecule has 182 valence electrons. The van der Waals surface area contributed by atoms with Crippen LogP contribution in [0.1, 0.15) is 18.0 Å². The molecule has 2 aliphatic heterocycles. The lowest BCUT2D eigenvalue weighted by Gasteiger charge is -2.43. The van der Waals surface area contributed by atoms with Crippen molar-refractivity contribution < 1.29 is 17.9 Å². The minimum atomic E-state index is -3.83. The van der Waals surface area contributed by atoms with E-state index in [1.807, 2.05) is 0 Å². The first-order valence-electron chi connectivity index (χ1n) is 11.4. The third kappa shape index (κ3) is 4.61. The number of sulfonamides is 1. The summed E-state index contributed by atoms with van der Waals surface area (Å²) in [6.07, 6.45) is 0.774. The topological polar surface area (TPSA) is 110 Å². The summed E-state index contributed by atoms with van der Waals surface area (Å²) < 4.78 is 35.5. The van der Waals surface area contributed by atoms with Crippen molar-refractivity contribution in [1.29, 1.82) is 0 Å². The average molecular weight is 495 g/mol. The molecule has 9 nitrogen and oxygen atoms in total. The molecule has 2 aromatic carbocycles. The maximum Gasteiger partial charge on any atom is 0.321 e. The van der Waals surface area contributed by atoms with Gasteiger partial charge in [-0.25, -0.2) is 13.2 Å². The molecule has 3 heterocycles. The molecule has 2 aliphatic rings. The number of carbonyl (C=O) groups is 1. The first kappa shape index (κ1) is 23.0.